The van der Waals surface area contributed by atoms with Crippen molar-refractivity contribution in [1.82, 2.24) is 5.32 Å². The van der Waals surface area contributed by atoms with E-state index in [4.69, 9.17) is 10.2 Å². The molecule has 0 saturated carbocycles. The van der Waals surface area contributed by atoms with Gasteiger partial charge in [-0.1, -0.05) is 0 Å². The van der Waals surface area contributed by atoms with Crippen molar-refractivity contribution >= 4 is 12.1 Å². The maximum absolute atomic E-state index is 10.9. The molecular formula is C7H10N2O3. The Kier molecular flexibility index (Phi) is 2.82. The van der Waals surface area contributed by atoms with E-state index in [1.807, 2.05) is 0 Å². The van der Waals surface area contributed by atoms with Crippen molar-refractivity contribution < 1.29 is 15.0 Å². The predicted octanol–water partition coefficient (Wildman–Crippen LogP) is -1.01. The lowest BCUT2D eigenvalue weighted by molar-refractivity contribution is -0.116. The lowest BCUT2D eigenvalue weighted by Gasteiger charge is -1.90. The van der Waals surface area contributed by atoms with Gasteiger partial charge in [0.1, 0.15) is 5.76 Å². The van der Waals surface area contributed by atoms with Crippen molar-refractivity contribution in [2.45, 2.75) is 0 Å². The number of rotatable bonds is 3. The van der Waals surface area contributed by atoms with Crippen molar-refractivity contribution in [3.05, 3.63) is 11.3 Å². The van der Waals surface area contributed by atoms with Gasteiger partial charge in [-0.25, -0.2) is 0 Å². The summed E-state index contributed by atoms with van der Waals surface area (Å²) in [6.07, 6.45) is 1.27. The monoisotopic (exact) mass is 170 g/mol. The molecule has 1 rings (SSSR count). The number of hydrogen-bond acceptors (Lipinski definition) is 4. The number of carbonyl (C=O) groups is 1. The quantitative estimate of drug-likeness (QED) is 0.475. The highest BCUT2D eigenvalue weighted by atomic mass is 16.3. The zero-order valence-corrected chi connectivity index (χ0v) is 6.45. The number of aliphatic hydroxyl groups excluding tert-OH is 2. The summed E-state index contributed by atoms with van der Waals surface area (Å²) in [6, 6.07) is 0. The van der Waals surface area contributed by atoms with E-state index in [1.54, 1.807) is 0 Å². The molecule has 5 heteroatoms. The highest BCUT2D eigenvalue weighted by Gasteiger charge is 2.19. The Balaban J connectivity index is 2.61. The van der Waals surface area contributed by atoms with Gasteiger partial charge in [-0.3, -0.25) is 9.79 Å². The third kappa shape index (κ3) is 1.82. The van der Waals surface area contributed by atoms with Gasteiger partial charge in [-0.05, 0) is 0 Å². The van der Waals surface area contributed by atoms with Crippen molar-refractivity contribution in [3.63, 3.8) is 0 Å². The average Bonchev–Trinajstić information content (AvgIpc) is 2.35. The van der Waals surface area contributed by atoms with E-state index >= 15 is 0 Å². The van der Waals surface area contributed by atoms with Crippen LogP contribution in [0, 0.1) is 0 Å². The number of aliphatic imine (C=N–C) groups is 1. The Morgan fingerprint density at radius 1 is 1.67 bits per heavy atom. The second kappa shape index (κ2) is 3.87. The Bertz CT molecular complexity index is 245. The molecule has 0 aromatic rings. The van der Waals surface area contributed by atoms with Gasteiger partial charge in [-0.2, -0.15) is 0 Å². The van der Waals surface area contributed by atoms with Crippen LogP contribution in [0.1, 0.15) is 0 Å². The van der Waals surface area contributed by atoms with Crippen molar-refractivity contribution in [3.8, 4) is 0 Å². The highest BCUT2D eigenvalue weighted by Crippen LogP contribution is 2.04. The average molecular weight is 170 g/mol. The molecule has 12 heavy (non-hydrogen) atoms. The van der Waals surface area contributed by atoms with E-state index in [9.17, 15) is 4.79 Å². The van der Waals surface area contributed by atoms with Crippen LogP contribution in [-0.2, 0) is 4.79 Å². The molecule has 0 atom stereocenters. The number of carbonyl (C=O) groups excluding carboxylic acids is 1. The third-order valence-corrected chi connectivity index (χ3v) is 1.42. The van der Waals surface area contributed by atoms with Crippen molar-refractivity contribution in [1.29, 1.82) is 0 Å². The molecule has 1 aliphatic heterocycles. The zero-order valence-electron chi connectivity index (χ0n) is 6.45. The van der Waals surface area contributed by atoms with Crippen LogP contribution in [-0.4, -0.2) is 42.0 Å². The second-order valence-corrected chi connectivity index (χ2v) is 2.30. The summed E-state index contributed by atoms with van der Waals surface area (Å²) in [5.74, 6) is -0.323. The van der Waals surface area contributed by atoms with Gasteiger partial charge < -0.3 is 15.5 Å². The van der Waals surface area contributed by atoms with Crippen LogP contribution in [0.15, 0.2) is 16.3 Å². The summed E-state index contributed by atoms with van der Waals surface area (Å²) < 4.78 is 0. The molecule has 5 nitrogen and oxygen atoms in total. The molecule has 0 unspecified atom stereocenters. The molecule has 0 saturated heterocycles. The van der Waals surface area contributed by atoms with E-state index in [0.29, 0.717) is 0 Å². The van der Waals surface area contributed by atoms with Gasteiger partial charge in [0.05, 0.1) is 25.3 Å². The van der Waals surface area contributed by atoms with Crippen molar-refractivity contribution in [2.75, 3.05) is 19.7 Å². The van der Waals surface area contributed by atoms with Crippen LogP contribution in [0.2, 0.25) is 0 Å². The fourth-order valence-electron chi connectivity index (χ4n) is 0.832. The van der Waals surface area contributed by atoms with Gasteiger partial charge in [0.25, 0.3) is 5.91 Å². The molecular weight excluding hydrogens is 160 g/mol. The van der Waals surface area contributed by atoms with Crippen LogP contribution >= 0.6 is 0 Å². The molecule has 0 aliphatic carbocycles. The smallest absolute Gasteiger partial charge is 0.256 e. The minimum atomic E-state index is -0.325. The van der Waals surface area contributed by atoms with Crippen LogP contribution in [0.5, 0.6) is 0 Å². The van der Waals surface area contributed by atoms with Gasteiger partial charge in [-0.15, -0.1) is 0 Å². The lowest BCUT2D eigenvalue weighted by atomic mass is 10.3. The van der Waals surface area contributed by atoms with Crippen LogP contribution < -0.4 is 5.32 Å². The first kappa shape index (κ1) is 8.73. The van der Waals surface area contributed by atoms with Gasteiger partial charge in [0.2, 0.25) is 0 Å². The van der Waals surface area contributed by atoms with E-state index in [0.717, 1.165) is 0 Å². The molecule has 3 N–H and O–H groups in total. The molecule has 1 aliphatic rings. The Morgan fingerprint density at radius 3 is 2.92 bits per heavy atom. The summed E-state index contributed by atoms with van der Waals surface area (Å²) >= 11 is 0. The molecule has 66 valence electrons. The fraction of sp³-hybridized carbons (Fsp3) is 0.429. The zero-order chi connectivity index (χ0) is 8.97. The Morgan fingerprint density at radius 2 is 2.42 bits per heavy atom. The van der Waals surface area contributed by atoms with Crippen molar-refractivity contribution in [2.24, 2.45) is 4.99 Å². The largest absolute Gasteiger partial charge is 0.510 e. The maximum Gasteiger partial charge on any atom is 0.256 e. The SMILES string of the molecule is O=C1NCC(O)=C1C=NCCO. The number of aliphatic hydroxyl groups is 2. The molecule has 0 aromatic carbocycles. The predicted molar refractivity (Wildman–Crippen MR) is 43.1 cm³/mol. The standard InChI is InChI=1S/C7H10N2O3/c10-2-1-8-3-5-6(11)4-9-7(5)12/h3,10-11H,1-2,4H2,(H,9,12). The Hall–Kier alpha value is -1.36. The second-order valence-electron chi connectivity index (χ2n) is 2.30. The number of nitrogens with one attached hydrogen (secondary N) is 1. The first-order chi connectivity index (χ1) is 5.75. The van der Waals surface area contributed by atoms with Gasteiger partial charge in [0.15, 0.2) is 0 Å². The van der Waals surface area contributed by atoms with Crippen LogP contribution in [0.3, 0.4) is 0 Å². The highest BCUT2D eigenvalue weighted by molar-refractivity contribution is 6.14. The summed E-state index contributed by atoms with van der Waals surface area (Å²) in [7, 11) is 0. The molecule has 1 amide bonds. The molecule has 0 radical (unpaired) electrons. The molecule has 1 heterocycles. The summed E-state index contributed by atoms with van der Waals surface area (Å²) in [5.41, 5.74) is 0.184. The summed E-state index contributed by atoms with van der Waals surface area (Å²) in [6.45, 7) is 0.343. The van der Waals surface area contributed by atoms with E-state index in [1.165, 1.54) is 6.21 Å². The number of hydrogen-bond donors (Lipinski definition) is 3. The molecule has 0 spiro atoms. The fourth-order valence-corrected chi connectivity index (χ4v) is 0.832. The van der Waals surface area contributed by atoms with E-state index in [-0.39, 0.29) is 36.9 Å². The Labute approximate surface area is 69.4 Å². The molecule has 0 fully saturated rings. The van der Waals surface area contributed by atoms with Gasteiger partial charge >= 0.3 is 0 Å². The normalized spacial score (nSPS) is 17.6. The lowest BCUT2D eigenvalue weighted by Crippen LogP contribution is -2.17. The van der Waals surface area contributed by atoms with E-state index < -0.39 is 0 Å². The first-order valence-corrected chi connectivity index (χ1v) is 3.56. The molecule has 0 bridgehead atoms. The van der Waals surface area contributed by atoms with Crippen LogP contribution in [0.25, 0.3) is 0 Å². The summed E-state index contributed by atoms with van der Waals surface area (Å²) in [5, 5.41) is 19.9. The first-order valence-electron chi connectivity index (χ1n) is 3.56. The molecule has 0 aromatic heterocycles. The minimum absolute atomic E-state index is 0.00156. The third-order valence-electron chi connectivity index (χ3n) is 1.42. The maximum atomic E-state index is 10.9. The van der Waals surface area contributed by atoms with Crippen LogP contribution in [0.4, 0.5) is 0 Å². The minimum Gasteiger partial charge on any atom is -0.510 e. The topological polar surface area (TPSA) is 81.9 Å². The summed E-state index contributed by atoms with van der Waals surface area (Å²) in [4.78, 5) is 14.6. The van der Waals surface area contributed by atoms with E-state index in [2.05, 4.69) is 10.3 Å². The van der Waals surface area contributed by atoms with Gasteiger partial charge in [0, 0.05) is 6.21 Å². The number of amides is 1. The number of nitrogens with zero attached hydrogens (tertiary/aromatic N) is 1.